The predicted octanol–water partition coefficient (Wildman–Crippen LogP) is 0.404. The highest BCUT2D eigenvalue weighted by molar-refractivity contribution is 5.76. The number of aliphatic hydroxyl groups is 3. The zero-order valence-electron chi connectivity index (χ0n) is 12.9. The molecule has 0 bridgehead atoms. The molecule has 2 aromatic heterocycles. The van der Waals surface area contributed by atoms with E-state index in [1.807, 2.05) is 0 Å². The number of ether oxygens (including phenoxy) is 1. The normalized spacial score (nSPS) is 27.2. The largest absolute Gasteiger partial charge is 0.433 e. The van der Waals surface area contributed by atoms with Crippen LogP contribution in [0.15, 0.2) is 16.9 Å². The van der Waals surface area contributed by atoms with E-state index in [-0.39, 0.29) is 22.2 Å². The molecular weight excluding hydrogens is 345 g/mol. The van der Waals surface area contributed by atoms with Gasteiger partial charge in [0.25, 0.3) is 5.56 Å². The Morgan fingerprint density at radius 1 is 1.28 bits per heavy atom. The van der Waals surface area contributed by atoms with Gasteiger partial charge in [-0.1, -0.05) is 0 Å². The van der Waals surface area contributed by atoms with E-state index in [9.17, 15) is 28.2 Å². The summed E-state index contributed by atoms with van der Waals surface area (Å²) in [6.07, 6.45) is -9.79. The van der Waals surface area contributed by atoms with Crippen molar-refractivity contribution in [3.63, 3.8) is 0 Å². The number of aliphatic hydroxyl groups excluding tert-OH is 3. The zero-order chi connectivity index (χ0) is 18.5. The molecule has 0 spiro atoms. The van der Waals surface area contributed by atoms with E-state index in [1.165, 1.54) is 19.1 Å². The Hall–Kier alpha value is -2.01. The van der Waals surface area contributed by atoms with Gasteiger partial charge in [-0.05, 0) is 24.6 Å². The molecule has 0 radical (unpaired) electrons. The van der Waals surface area contributed by atoms with Crippen LogP contribution >= 0.6 is 0 Å². The number of aromatic nitrogens is 2. The van der Waals surface area contributed by atoms with Gasteiger partial charge in [-0.2, -0.15) is 13.2 Å². The Labute approximate surface area is 138 Å². The number of hydrogen-bond donors (Lipinski definition) is 4. The number of nitrogens with zero attached hydrogens (tertiary/aromatic N) is 1. The number of halogens is 3. The molecule has 1 aliphatic rings. The third-order valence-electron chi connectivity index (χ3n) is 4.17. The topological polar surface area (TPSA) is 116 Å². The van der Waals surface area contributed by atoms with E-state index in [0.717, 1.165) is 0 Å². The molecular formula is C15H15F3N2O5. The Balaban J connectivity index is 2.10. The molecule has 10 heteroatoms. The Bertz CT molecular complexity index is 867. The van der Waals surface area contributed by atoms with Crippen molar-refractivity contribution in [2.24, 2.45) is 0 Å². The summed E-state index contributed by atoms with van der Waals surface area (Å²) >= 11 is 0. The van der Waals surface area contributed by atoms with Gasteiger partial charge < -0.3 is 25.0 Å². The van der Waals surface area contributed by atoms with Crippen molar-refractivity contribution in [2.45, 2.75) is 37.5 Å². The first-order valence-electron chi connectivity index (χ1n) is 7.37. The fraction of sp³-hybridized carbons (Fsp3) is 0.467. The Morgan fingerprint density at radius 3 is 2.52 bits per heavy atom. The van der Waals surface area contributed by atoms with E-state index < -0.39 is 48.5 Å². The van der Waals surface area contributed by atoms with Gasteiger partial charge in [0.2, 0.25) is 0 Å². The van der Waals surface area contributed by atoms with Crippen LogP contribution in [-0.4, -0.2) is 50.2 Å². The van der Waals surface area contributed by atoms with Crippen molar-refractivity contribution in [3.05, 3.63) is 39.3 Å². The highest BCUT2D eigenvalue weighted by Gasteiger charge is 2.44. The number of alkyl halides is 3. The molecule has 25 heavy (non-hydrogen) atoms. The van der Waals surface area contributed by atoms with Crippen LogP contribution in [0.4, 0.5) is 13.2 Å². The lowest BCUT2D eigenvalue weighted by molar-refractivity contribution is -0.141. The van der Waals surface area contributed by atoms with E-state index in [1.54, 1.807) is 0 Å². The first-order valence-corrected chi connectivity index (χ1v) is 7.37. The van der Waals surface area contributed by atoms with Crippen LogP contribution in [0.5, 0.6) is 0 Å². The van der Waals surface area contributed by atoms with Crippen molar-refractivity contribution in [3.8, 4) is 0 Å². The average molecular weight is 360 g/mol. The predicted molar refractivity (Wildman–Crippen MR) is 78.8 cm³/mol. The second-order valence-corrected chi connectivity index (χ2v) is 5.90. The molecule has 2 aromatic rings. The molecule has 1 aliphatic heterocycles. The molecule has 2 unspecified atom stereocenters. The fourth-order valence-corrected chi connectivity index (χ4v) is 2.91. The molecule has 136 valence electrons. The number of H-pyrrole nitrogens is 1. The number of hydrogen-bond acceptors (Lipinski definition) is 6. The smallest absolute Gasteiger partial charge is 0.394 e. The van der Waals surface area contributed by atoms with E-state index >= 15 is 0 Å². The average Bonchev–Trinajstić information content (AvgIpc) is 2.81. The van der Waals surface area contributed by atoms with Crippen LogP contribution in [0.1, 0.15) is 22.9 Å². The third kappa shape index (κ3) is 3.01. The standard InChI is InChI=1S/C15H15F3N2O5/c1-5-2-6-3-7(11-10(23)9(22)8(4-21)25-11)14(24)20-13(6)19-12(5)15(16,17)18/h2-3,8-11,21-23H,4H2,1H3,(H,19,20,24)/t8-,9?,10?,11+/m1/s1. The summed E-state index contributed by atoms with van der Waals surface area (Å²) in [4.78, 5) is 17.9. The van der Waals surface area contributed by atoms with Crippen molar-refractivity contribution >= 4 is 11.0 Å². The van der Waals surface area contributed by atoms with Gasteiger partial charge in [-0.3, -0.25) is 4.79 Å². The van der Waals surface area contributed by atoms with Gasteiger partial charge >= 0.3 is 6.18 Å². The fourth-order valence-electron chi connectivity index (χ4n) is 2.91. The first kappa shape index (κ1) is 17.8. The van der Waals surface area contributed by atoms with Crippen molar-refractivity contribution in [2.75, 3.05) is 6.61 Å². The molecule has 1 fully saturated rings. The summed E-state index contributed by atoms with van der Waals surface area (Å²) in [6, 6.07) is 2.47. The van der Waals surface area contributed by atoms with Gasteiger partial charge in [0.1, 0.15) is 35.8 Å². The van der Waals surface area contributed by atoms with Gasteiger partial charge in [0.05, 0.1) is 6.61 Å². The highest BCUT2D eigenvalue weighted by Crippen LogP contribution is 2.34. The summed E-state index contributed by atoms with van der Waals surface area (Å²) in [5, 5.41) is 29.1. The second-order valence-electron chi connectivity index (χ2n) is 5.90. The minimum Gasteiger partial charge on any atom is -0.394 e. The maximum Gasteiger partial charge on any atom is 0.433 e. The molecule has 0 saturated carbocycles. The molecule has 3 rings (SSSR count). The monoisotopic (exact) mass is 360 g/mol. The third-order valence-corrected chi connectivity index (χ3v) is 4.17. The first-order chi connectivity index (χ1) is 11.6. The van der Waals surface area contributed by atoms with Crippen LogP contribution in [0.3, 0.4) is 0 Å². The minimum atomic E-state index is -4.66. The molecule has 1 saturated heterocycles. The minimum absolute atomic E-state index is 0.0732. The van der Waals surface area contributed by atoms with Gasteiger partial charge in [0, 0.05) is 10.9 Å². The molecule has 4 N–H and O–H groups in total. The molecule has 3 heterocycles. The number of rotatable bonds is 2. The van der Waals surface area contributed by atoms with Crippen LogP contribution in [-0.2, 0) is 10.9 Å². The number of nitrogens with one attached hydrogen (secondary N) is 1. The lowest BCUT2D eigenvalue weighted by Gasteiger charge is -2.15. The molecule has 7 nitrogen and oxygen atoms in total. The van der Waals surface area contributed by atoms with E-state index in [2.05, 4.69) is 9.97 Å². The summed E-state index contributed by atoms with van der Waals surface area (Å²) in [6.45, 7) is 0.683. The molecule has 4 atom stereocenters. The lowest BCUT2D eigenvalue weighted by Crippen LogP contribution is -2.33. The van der Waals surface area contributed by atoms with E-state index in [4.69, 9.17) is 9.84 Å². The number of aryl methyl sites for hydroxylation is 1. The number of aromatic amines is 1. The summed E-state index contributed by atoms with van der Waals surface area (Å²) < 4.78 is 44.0. The Kier molecular flexibility index (Phi) is 4.31. The van der Waals surface area contributed by atoms with Crippen LogP contribution in [0.25, 0.3) is 11.0 Å². The summed E-state index contributed by atoms with van der Waals surface area (Å²) in [5.74, 6) is 0. The zero-order valence-corrected chi connectivity index (χ0v) is 12.9. The van der Waals surface area contributed by atoms with Crippen LogP contribution in [0.2, 0.25) is 0 Å². The van der Waals surface area contributed by atoms with Crippen LogP contribution in [0, 0.1) is 6.92 Å². The maximum absolute atomic E-state index is 12.9. The number of fused-ring (bicyclic) bond motifs is 1. The Morgan fingerprint density at radius 2 is 1.96 bits per heavy atom. The van der Waals surface area contributed by atoms with Gasteiger partial charge in [0.15, 0.2) is 0 Å². The quantitative estimate of drug-likeness (QED) is 0.616. The molecule has 0 amide bonds. The highest BCUT2D eigenvalue weighted by atomic mass is 19.4. The van der Waals surface area contributed by atoms with Gasteiger partial charge in [-0.25, -0.2) is 4.98 Å². The van der Waals surface area contributed by atoms with E-state index in [0.29, 0.717) is 0 Å². The van der Waals surface area contributed by atoms with Gasteiger partial charge in [-0.15, -0.1) is 0 Å². The summed E-state index contributed by atoms with van der Waals surface area (Å²) in [5.41, 5.74) is -2.35. The van der Waals surface area contributed by atoms with Crippen molar-refractivity contribution in [1.29, 1.82) is 0 Å². The van der Waals surface area contributed by atoms with Crippen molar-refractivity contribution < 1.29 is 33.2 Å². The summed E-state index contributed by atoms with van der Waals surface area (Å²) in [7, 11) is 0. The molecule has 0 aliphatic carbocycles. The van der Waals surface area contributed by atoms with Crippen LogP contribution < -0.4 is 5.56 Å². The molecule has 0 aromatic carbocycles. The number of pyridine rings is 2. The SMILES string of the molecule is Cc1cc2cc([C@@H]3O[C@H](CO)C(O)C3O)c(=O)[nH]c2nc1C(F)(F)F. The lowest BCUT2D eigenvalue weighted by atomic mass is 10.0. The maximum atomic E-state index is 12.9. The second kappa shape index (κ2) is 6.06. The van der Waals surface area contributed by atoms with Crippen molar-refractivity contribution in [1.82, 2.24) is 9.97 Å².